The first-order chi connectivity index (χ1) is 10.3. The smallest absolute Gasteiger partial charge is 0.124 e. The molecule has 4 heteroatoms. The molecule has 1 aliphatic heterocycles. The van der Waals surface area contributed by atoms with Crippen LogP contribution in [-0.4, -0.2) is 33.4 Å². The number of methoxy groups -OCH3 is 2. The Labute approximate surface area is 127 Å². The molecule has 1 saturated heterocycles. The molecule has 1 aromatic rings. The van der Waals surface area contributed by atoms with Crippen LogP contribution in [0.3, 0.4) is 0 Å². The van der Waals surface area contributed by atoms with Crippen molar-refractivity contribution in [3.8, 4) is 11.5 Å². The largest absolute Gasteiger partial charge is 0.496 e. The van der Waals surface area contributed by atoms with Crippen molar-refractivity contribution < 1.29 is 14.2 Å². The van der Waals surface area contributed by atoms with Crippen molar-refractivity contribution in [2.24, 2.45) is 0 Å². The van der Waals surface area contributed by atoms with Gasteiger partial charge in [-0.25, -0.2) is 0 Å². The van der Waals surface area contributed by atoms with E-state index >= 15 is 0 Å². The van der Waals surface area contributed by atoms with E-state index in [-0.39, 0.29) is 0 Å². The predicted octanol–water partition coefficient (Wildman–Crippen LogP) is 2.92. The van der Waals surface area contributed by atoms with Crippen LogP contribution in [0.1, 0.15) is 37.3 Å². The van der Waals surface area contributed by atoms with Crippen LogP contribution in [0, 0.1) is 0 Å². The summed E-state index contributed by atoms with van der Waals surface area (Å²) in [5, 5.41) is 3.53. The van der Waals surface area contributed by atoms with Gasteiger partial charge in [0.15, 0.2) is 0 Å². The summed E-state index contributed by atoms with van der Waals surface area (Å²) in [7, 11) is 3.44. The molecule has 0 unspecified atom stereocenters. The summed E-state index contributed by atoms with van der Waals surface area (Å²) in [6.45, 7) is 4.55. The van der Waals surface area contributed by atoms with Gasteiger partial charge in [0.1, 0.15) is 11.5 Å². The minimum absolute atomic E-state index is 0.547. The lowest BCUT2D eigenvalue weighted by molar-refractivity contribution is 0.119. The number of benzene rings is 1. The highest BCUT2D eigenvalue weighted by atomic mass is 16.5. The second kappa shape index (κ2) is 8.25. The molecule has 1 aliphatic rings. The van der Waals surface area contributed by atoms with Crippen LogP contribution in [0.5, 0.6) is 11.5 Å². The Bertz CT molecular complexity index is 442. The molecule has 1 aromatic carbocycles. The third-order valence-electron chi connectivity index (χ3n) is 3.92. The highest BCUT2D eigenvalue weighted by molar-refractivity contribution is 5.46. The molecular formula is C17H27NO3. The third-order valence-corrected chi connectivity index (χ3v) is 3.92. The van der Waals surface area contributed by atoms with Crippen LogP contribution >= 0.6 is 0 Å². The number of nitrogens with one attached hydrogen (secondary N) is 1. The second-order valence-electron chi connectivity index (χ2n) is 5.53. The highest BCUT2D eigenvalue weighted by Crippen LogP contribution is 2.31. The molecule has 1 atom stereocenters. The van der Waals surface area contributed by atoms with Gasteiger partial charge in [-0.1, -0.05) is 6.92 Å². The number of ether oxygens (including phenoxy) is 3. The topological polar surface area (TPSA) is 39.7 Å². The van der Waals surface area contributed by atoms with Crippen LogP contribution < -0.4 is 14.8 Å². The SMILES string of the molecule is CCCOCc1cc(OC)c(C[C@@H]2CCCN2)cc1OC. The Kier molecular flexibility index (Phi) is 6.33. The number of hydrogen-bond donors (Lipinski definition) is 1. The lowest BCUT2D eigenvalue weighted by Gasteiger charge is -2.17. The molecule has 118 valence electrons. The van der Waals surface area contributed by atoms with Gasteiger partial charge >= 0.3 is 0 Å². The summed E-state index contributed by atoms with van der Waals surface area (Å²) < 4.78 is 16.7. The van der Waals surface area contributed by atoms with Crippen molar-refractivity contribution in [3.63, 3.8) is 0 Å². The standard InChI is InChI=1S/C17H27NO3/c1-4-8-21-12-14-11-16(19-2)13(10-17(14)20-3)9-15-6-5-7-18-15/h10-11,15,18H,4-9,12H2,1-3H3/t15-/m0/s1. The minimum Gasteiger partial charge on any atom is -0.496 e. The average molecular weight is 293 g/mol. The van der Waals surface area contributed by atoms with Gasteiger partial charge in [-0.3, -0.25) is 0 Å². The molecule has 0 saturated carbocycles. The molecule has 1 fully saturated rings. The maximum Gasteiger partial charge on any atom is 0.124 e. The van der Waals surface area contributed by atoms with Gasteiger partial charge in [0.2, 0.25) is 0 Å². The first-order valence-corrected chi connectivity index (χ1v) is 7.83. The Balaban J connectivity index is 2.15. The normalized spacial score (nSPS) is 18.0. The summed E-state index contributed by atoms with van der Waals surface area (Å²) >= 11 is 0. The molecule has 0 amide bonds. The molecular weight excluding hydrogens is 266 g/mol. The summed E-state index contributed by atoms with van der Waals surface area (Å²) in [6.07, 6.45) is 4.49. The van der Waals surface area contributed by atoms with Gasteiger partial charge in [0, 0.05) is 18.2 Å². The van der Waals surface area contributed by atoms with E-state index in [1.54, 1.807) is 14.2 Å². The second-order valence-corrected chi connectivity index (χ2v) is 5.53. The summed E-state index contributed by atoms with van der Waals surface area (Å²) in [5.74, 6) is 1.82. The van der Waals surface area contributed by atoms with E-state index in [0.29, 0.717) is 12.6 Å². The Morgan fingerprint density at radius 3 is 2.48 bits per heavy atom. The van der Waals surface area contributed by atoms with Crippen molar-refractivity contribution in [1.29, 1.82) is 0 Å². The molecule has 1 heterocycles. The first-order valence-electron chi connectivity index (χ1n) is 7.83. The van der Waals surface area contributed by atoms with Crippen LogP contribution in [-0.2, 0) is 17.8 Å². The van der Waals surface area contributed by atoms with Crippen LogP contribution in [0.15, 0.2) is 12.1 Å². The van der Waals surface area contributed by atoms with Crippen LogP contribution in [0.25, 0.3) is 0 Å². The van der Waals surface area contributed by atoms with Crippen LogP contribution in [0.4, 0.5) is 0 Å². The molecule has 2 rings (SSSR count). The van der Waals surface area contributed by atoms with E-state index in [1.165, 1.54) is 18.4 Å². The van der Waals surface area contributed by atoms with E-state index in [2.05, 4.69) is 24.4 Å². The molecule has 0 bridgehead atoms. The Morgan fingerprint density at radius 1 is 1.14 bits per heavy atom. The van der Waals surface area contributed by atoms with Crippen molar-refractivity contribution in [3.05, 3.63) is 23.3 Å². The number of hydrogen-bond acceptors (Lipinski definition) is 4. The molecule has 1 N–H and O–H groups in total. The van der Waals surface area contributed by atoms with Gasteiger partial charge < -0.3 is 19.5 Å². The van der Waals surface area contributed by atoms with Gasteiger partial charge in [0.25, 0.3) is 0 Å². The molecule has 21 heavy (non-hydrogen) atoms. The summed E-state index contributed by atoms with van der Waals surface area (Å²) in [6, 6.07) is 4.70. The fraction of sp³-hybridized carbons (Fsp3) is 0.647. The highest BCUT2D eigenvalue weighted by Gasteiger charge is 2.18. The Hall–Kier alpha value is -1.26. The molecule has 4 nitrogen and oxygen atoms in total. The maximum atomic E-state index is 5.64. The summed E-state index contributed by atoms with van der Waals surface area (Å²) in [4.78, 5) is 0. The van der Waals surface area contributed by atoms with Crippen molar-refractivity contribution in [1.82, 2.24) is 5.32 Å². The molecule has 0 spiro atoms. The van der Waals surface area contributed by atoms with E-state index in [1.807, 2.05) is 0 Å². The van der Waals surface area contributed by atoms with Gasteiger partial charge in [-0.15, -0.1) is 0 Å². The lowest BCUT2D eigenvalue weighted by atomic mass is 10.0. The van der Waals surface area contributed by atoms with Gasteiger partial charge in [0.05, 0.1) is 20.8 Å². The van der Waals surface area contributed by atoms with E-state index < -0.39 is 0 Å². The minimum atomic E-state index is 0.547. The van der Waals surface area contributed by atoms with Crippen LogP contribution in [0.2, 0.25) is 0 Å². The zero-order valence-corrected chi connectivity index (χ0v) is 13.4. The number of rotatable bonds is 8. The fourth-order valence-corrected chi connectivity index (χ4v) is 2.82. The molecule has 0 aliphatic carbocycles. The van der Waals surface area contributed by atoms with Gasteiger partial charge in [-0.2, -0.15) is 0 Å². The fourth-order valence-electron chi connectivity index (χ4n) is 2.82. The quantitative estimate of drug-likeness (QED) is 0.748. The van der Waals surface area contributed by atoms with E-state index in [9.17, 15) is 0 Å². The van der Waals surface area contributed by atoms with E-state index in [4.69, 9.17) is 14.2 Å². The zero-order chi connectivity index (χ0) is 15.1. The third kappa shape index (κ3) is 4.35. The predicted molar refractivity (Wildman–Crippen MR) is 84.2 cm³/mol. The average Bonchev–Trinajstić information content (AvgIpc) is 3.01. The van der Waals surface area contributed by atoms with Crippen molar-refractivity contribution >= 4 is 0 Å². The zero-order valence-electron chi connectivity index (χ0n) is 13.4. The monoisotopic (exact) mass is 293 g/mol. The van der Waals surface area contributed by atoms with Crippen molar-refractivity contribution in [2.75, 3.05) is 27.4 Å². The first kappa shape index (κ1) is 16.1. The molecule has 0 aromatic heterocycles. The van der Waals surface area contributed by atoms with E-state index in [0.717, 1.165) is 43.1 Å². The summed E-state index contributed by atoms with van der Waals surface area (Å²) in [5.41, 5.74) is 2.25. The van der Waals surface area contributed by atoms with Gasteiger partial charge in [-0.05, 0) is 49.9 Å². The lowest BCUT2D eigenvalue weighted by Crippen LogP contribution is -2.23. The Morgan fingerprint density at radius 2 is 1.86 bits per heavy atom. The van der Waals surface area contributed by atoms with Crippen molar-refractivity contribution in [2.45, 2.75) is 45.3 Å². The molecule has 0 radical (unpaired) electrons. The maximum absolute atomic E-state index is 5.64.